The molecule has 1 atom stereocenters. The third kappa shape index (κ3) is 7.10. The third-order valence-corrected chi connectivity index (χ3v) is 4.91. The van der Waals surface area contributed by atoms with E-state index < -0.39 is 6.04 Å². The first-order chi connectivity index (χ1) is 12.9. The second-order valence-electron chi connectivity index (χ2n) is 7.33. The number of nitrogens with zero attached hydrogens (tertiary/aromatic N) is 2. The molecule has 9 heteroatoms. The van der Waals surface area contributed by atoms with Crippen molar-refractivity contribution in [2.24, 2.45) is 11.7 Å². The molecule has 0 spiro atoms. The Kier molecular flexibility index (Phi) is 12.4. The lowest BCUT2D eigenvalue weighted by Crippen LogP contribution is -2.53. The first-order valence-corrected chi connectivity index (χ1v) is 9.45. The van der Waals surface area contributed by atoms with Crippen LogP contribution in [0.5, 0.6) is 17.2 Å². The van der Waals surface area contributed by atoms with Gasteiger partial charge in [0.2, 0.25) is 11.7 Å². The molecule has 0 radical (unpaired) electrons. The number of carbonyl (C=O) groups is 1. The Morgan fingerprint density at radius 3 is 2.07 bits per heavy atom. The maximum atomic E-state index is 12.5. The van der Waals surface area contributed by atoms with Gasteiger partial charge in [0, 0.05) is 38.3 Å². The van der Waals surface area contributed by atoms with E-state index in [2.05, 4.69) is 18.7 Å². The molecule has 1 aliphatic heterocycles. The van der Waals surface area contributed by atoms with Crippen molar-refractivity contribution in [1.29, 1.82) is 0 Å². The van der Waals surface area contributed by atoms with Crippen molar-refractivity contribution in [3.63, 3.8) is 0 Å². The molecular formula is C20H35Cl2N3O4. The number of carbonyl (C=O) groups excluding carboxylic acids is 1. The van der Waals surface area contributed by atoms with Crippen LogP contribution < -0.4 is 19.9 Å². The first-order valence-electron chi connectivity index (χ1n) is 9.45. The fraction of sp³-hybridized carbons (Fsp3) is 0.650. The van der Waals surface area contributed by atoms with E-state index in [1.807, 2.05) is 17.0 Å². The zero-order valence-electron chi connectivity index (χ0n) is 18.0. The number of halogens is 2. The highest BCUT2D eigenvalue weighted by molar-refractivity contribution is 5.85. The minimum atomic E-state index is -0.400. The van der Waals surface area contributed by atoms with Gasteiger partial charge in [-0.2, -0.15) is 0 Å². The van der Waals surface area contributed by atoms with E-state index in [1.165, 1.54) is 0 Å². The fourth-order valence-electron chi connectivity index (χ4n) is 3.50. The first kappa shape index (κ1) is 27.6. The highest BCUT2D eigenvalue weighted by atomic mass is 35.5. The summed E-state index contributed by atoms with van der Waals surface area (Å²) in [5.41, 5.74) is 7.09. The van der Waals surface area contributed by atoms with Gasteiger partial charge in [-0.3, -0.25) is 9.69 Å². The molecule has 0 aliphatic carbocycles. The molecule has 1 aromatic carbocycles. The predicted octanol–water partition coefficient (Wildman–Crippen LogP) is 2.57. The van der Waals surface area contributed by atoms with Crippen LogP contribution >= 0.6 is 24.8 Å². The van der Waals surface area contributed by atoms with Crippen molar-refractivity contribution >= 4 is 30.7 Å². The van der Waals surface area contributed by atoms with Gasteiger partial charge < -0.3 is 24.8 Å². The van der Waals surface area contributed by atoms with Gasteiger partial charge in [-0.05, 0) is 18.4 Å². The minimum Gasteiger partial charge on any atom is -0.493 e. The minimum absolute atomic E-state index is 0. The predicted molar refractivity (Wildman–Crippen MR) is 120 cm³/mol. The van der Waals surface area contributed by atoms with E-state index in [1.54, 1.807) is 21.3 Å². The molecule has 1 aliphatic rings. The molecule has 1 saturated heterocycles. The summed E-state index contributed by atoms with van der Waals surface area (Å²) >= 11 is 0. The molecule has 0 saturated carbocycles. The van der Waals surface area contributed by atoms with E-state index in [0.717, 1.165) is 31.6 Å². The molecule has 2 rings (SSSR count). The second-order valence-corrected chi connectivity index (χ2v) is 7.33. The smallest absolute Gasteiger partial charge is 0.239 e. The summed E-state index contributed by atoms with van der Waals surface area (Å²) in [5, 5.41) is 0. The number of piperazine rings is 1. The van der Waals surface area contributed by atoms with Crippen molar-refractivity contribution < 1.29 is 19.0 Å². The van der Waals surface area contributed by atoms with Crippen LogP contribution in [0.2, 0.25) is 0 Å². The second kappa shape index (κ2) is 13.0. The largest absolute Gasteiger partial charge is 0.493 e. The normalized spacial score (nSPS) is 15.2. The topological polar surface area (TPSA) is 77.3 Å². The Bertz CT molecular complexity index is 638. The summed E-state index contributed by atoms with van der Waals surface area (Å²) in [6.45, 7) is 7.89. The molecule has 29 heavy (non-hydrogen) atoms. The summed E-state index contributed by atoms with van der Waals surface area (Å²) in [4.78, 5) is 16.7. The SMILES string of the molecule is COc1ccc(CN2CCN(C(=O)[C@@H](N)CC(C)C)CC2)c(OC)c1OC.Cl.Cl. The van der Waals surface area contributed by atoms with Crippen molar-refractivity contribution in [3.8, 4) is 17.2 Å². The Hall–Kier alpha value is -1.41. The van der Waals surface area contributed by atoms with Gasteiger partial charge in [0.05, 0.1) is 27.4 Å². The number of benzene rings is 1. The van der Waals surface area contributed by atoms with Crippen molar-refractivity contribution in [2.75, 3.05) is 47.5 Å². The van der Waals surface area contributed by atoms with Crippen LogP contribution in [-0.2, 0) is 11.3 Å². The number of hydrogen-bond acceptors (Lipinski definition) is 6. The van der Waals surface area contributed by atoms with E-state index in [-0.39, 0.29) is 30.7 Å². The monoisotopic (exact) mass is 451 g/mol. The summed E-state index contributed by atoms with van der Waals surface area (Å²) in [6, 6.07) is 3.49. The maximum absolute atomic E-state index is 12.5. The fourth-order valence-corrected chi connectivity index (χ4v) is 3.50. The number of amides is 1. The molecule has 1 aromatic rings. The highest BCUT2D eigenvalue weighted by Gasteiger charge is 2.26. The van der Waals surface area contributed by atoms with Crippen LogP contribution in [-0.4, -0.2) is 69.3 Å². The zero-order chi connectivity index (χ0) is 20.0. The van der Waals surface area contributed by atoms with E-state index in [9.17, 15) is 4.79 Å². The van der Waals surface area contributed by atoms with E-state index >= 15 is 0 Å². The van der Waals surface area contributed by atoms with Gasteiger partial charge in [-0.15, -0.1) is 24.8 Å². The number of nitrogens with two attached hydrogens (primary N) is 1. The van der Waals surface area contributed by atoms with Gasteiger partial charge in [-0.25, -0.2) is 0 Å². The molecule has 0 bridgehead atoms. The molecule has 1 fully saturated rings. The molecule has 0 aromatic heterocycles. The van der Waals surface area contributed by atoms with Crippen molar-refractivity contribution in [3.05, 3.63) is 17.7 Å². The summed E-state index contributed by atoms with van der Waals surface area (Å²) in [6.07, 6.45) is 0.724. The third-order valence-electron chi connectivity index (χ3n) is 4.91. The zero-order valence-corrected chi connectivity index (χ0v) is 19.6. The van der Waals surface area contributed by atoms with Crippen LogP contribution in [0.4, 0.5) is 0 Å². The van der Waals surface area contributed by atoms with Crippen molar-refractivity contribution in [2.45, 2.75) is 32.9 Å². The van der Waals surface area contributed by atoms with Gasteiger partial charge >= 0.3 is 0 Å². The molecule has 2 N–H and O–H groups in total. The number of rotatable bonds is 8. The van der Waals surface area contributed by atoms with Crippen LogP contribution in [0, 0.1) is 5.92 Å². The molecule has 1 amide bonds. The van der Waals surface area contributed by atoms with Gasteiger partial charge in [0.1, 0.15) is 0 Å². The maximum Gasteiger partial charge on any atom is 0.239 e. The number of ether oxygens (including phenoxy) is 3. The van der Waals surface area contributed by atoms with Gasteiger partial charge in [-0.1, -0.05) is 19.9 Å². The lowest BCUT2D eigenvalue weighted by atomic mass is 10.0. The van der Waals surface area contributed by atoms with E-state index in [0.29, 0.717) is 36.3 Å². The van der Waals surface area contributed by atoms with Crippen molar-refractivity contribution in [1.82, 2.24) is 9.80 Å². The lowest BCUT2D eigenvalue weighted by Gasteiger charge is -2.36. The van der Waals surface area contributed by atoms with E-state index in [4.69, 9.17) is 19.9 Å². The standard InChI is InChI=1S/C20H33N3O4.2ClH/c1-14(2)12-16(21)20(24)23-10-8-22(9-11-23)13-15-6-7-17(25-3)19(27-5)18(15)26-4;;/h6-7,14,16H,8-13,21H2,1-5H3;2*1H/t16-;;/m0../s1. The molecule has 1 heterocycles. The Labute approximate surface area is 186 Å². The molecule has 168 valence electrons. The van der Waals surface area contributed by atoms with Crippen LogP contribution in [0.15, 0.2) is 12.1 Å². The lowest BCUT2D eigenvalue weighted by molar-refractivity contribution is -0.134. The number of methoxy groups -OCH3 is 3. The molecule has 0 unspecified atom stereocenters. The average molecular weight is 452 g/mol. The molecular weight excluding hydrogens is 417 g/mol. The van der Waals surface area contributed by atoms with Gasteiger partial charge in [0.25, 0.3) is 0 Å². The van der Waals surface area contributed by atoms with Crippen LogP contribution in [0.1, 0.15) is 25.8 Å². The number of hydrogen-bond donors (Lipinski definition) is 1. The van der Waals surface area contributed by atoms with Crippen LogP contribution in [0.25, 0.3) is 0 Å². The Morgan fingerprint density at radius 2 is 1.59 bits per heavy atom. The molecule has 7 nitrogen and oxygen atoms in total. The summed E-state index contributed by atoms with van der Waals surface area (Å²) in [5.74, 6) is 2.42. The summed E-state index contributed by atoms with van der Waals surface area (Å²) in [7, 11) is 4.85. The average Bonchev–Trinajstić information content (AvgIpc) is 2.66. The summed E-state index contributed by atoms with van der Waals surface area (Å²) < 4.78 is 16.4. The Balaban J connectivity index is 0.00000392. The van der Waals surface area contributed by atoms with Crippen LogP contribution in [0.3, 0.4) is 0 Å². The highest BCUT2D eigenvalue weighted by Crippen LogP contribution is 2.40. The quantitative estimate of drug-likeness (QED) is 0.654. The van der Waals surface area contributed by atoms with Gasteiger partial charge in [0.15, 0.2) is 11.5 Å². The Morgan fingerprint density at radius 1 is 1.00 bits per heavy atom.